The Morgan fingerprint density at radius 2 is 1.82 bits per heavy atom. The van der Waals surface area contributed by atoms with Gasteiger partial charge in [-0.15, -0.1) is 0 Å². The fourth-order valence-corrected chi connectivity index (χ4v) is 0.967. The molecule has 1 rings (SSSR count). The van der Waals surface area contributed by atoms with E-state index in [1.807, 2.05) is 24.3 Å². The third kappa shape index (κ3) is 2.77. The molecule has 2 radical (unpaired) electrons. The zero-order valence-corrected chi connectivity index (χ0v) is 6.46. The Bertz CT molecular complexity index is 205. The molecule has 0 aliphatic heterocycles. The van der Waals surface area contributed by atoms with E-state index in [-0.39, 0.29) is 6.61 Å². The summed E-state index contributed by atoms with van der Waals surface area (Å²) in [5.74, 6) is 0. The van der Waals surface area contributed by atoms with Crippen LogP contribution in [-0.2, 0) is 6.42 Å². The van der Waals surface area contributed by atoms with Crippen LogP contribution in [0.5, 0.6) is 0 Å². The quantitative estimate of drug-likeness (QED) is 0.612. The summed E-state index contributed by atoms with van der Waals surface area (Å²) >= 11 is 0. The maximum Gasteiger partial charge on any atom is 0.113 e. The van der Waals surface area contributed by atoms with Gasteiger partial charge in [0.05, 0.1) is 0 Å². The van der Waals surface area contributed by atoms with Crippen molar-refractivity contribution in [1.29, 1.82) is 0 Å². The lowest BCUT2D eigenvalue weighted by molar-refractivity contribution is 0.288. The monoisotopic (exact) mass is 146 g/mol. The zero-order chi connectivity index (χ0) is 8.10. The first-order valence-electron chi connectivity index (χ1n) is 3.78. The molecule has 0 saturated heterocycles. The van der Waals surface area contributed by atoms with E-state index in [1.54, 1.807) is 0 Å². The van der Waals surface area contributed by atoms with E-state index in [1.165, 1.54) is 5.56 Å². The van der Waals surface area contributed by atoms with Gasteiger partial charge in [0.2, 0.25) is 0 Å². The molecule has 0 atom stereocenters. The van der Waals surface area contributed by atoms with Crippen LogP contribution in [0, 0.1) is 0 Å². The van der Waals surface area contributed by atoms with Gasteiger partial charge in [0, 0.05) is 6.61 Å². The molecule has 1 aromatic carbocycles. The van der Waals surface area contributed by atoms with E-state index in [0.29, 0.717) is 0 Å². The van der Waals surface area contributed by atoms with Crippen LogP contribution in [0.4, 0.5) is 0 Å². The number of benzene rings is 1. The Kier molecular flexibility index (Phi) is 3.18. The summed E-state index contributed by atoms with van der Waals surface area (Å²) in [7, 11) is 5.51. The average molecular weight is 146 g/mol. The van der Waals surface area contributed by atoms with Crippen molar-refractivity contribution in [2.45, 2.75) is 12.8 Å². The summed E-state index contributed by atoms with van der Waals surface area (Å²) in [4.78, 5) is 0. The van der Waals surface area contributed by atoms with Crippen LogP contribution in [0.15, 0.2) is 24.3 Å². The number of rotatable bonds is 3. The predicted octanol–water partition coefficient (Wildman–Crippen LogP) is 0.405. The molecular weight excluding hydrogens is 135 g/mol. The largest absolute Gasteiger partial charge is 0.396 e. The Labute approximate surface area is 68.5 Å². The third-order valence-electron chi connectivity index (χ3n) is 1.60. The molecular formula is C9H11BO. The second-order valence-electron chi connectivity index (χ2n) is 2.57. The predicted molar refractivity (Wildman–Crippen MR) is 47.2 cm³/mol. The summed E-state index contributed by atoms with van der Waals surface area (Å²) < 4.78 is 0. The van der Waals surface area contributed by atoms with Crippen molar-refractivity contribution in [2.24, 2.45) is 0 Å². The van der Waals surface area contributed by atoms with Gasteiger partial charge in [-0.1, -0.05) is 29.7 Å². The van der Waals surface area contributed by atoms with Crippen LogP contribution in [-0.4, -0.2) is 19.6 Å². The van der Waals surface area contributed by atoms with E-state index in [9.17, 15) is 0 Å². The van der Waals surface area contributed by atoms with Gasteiger partial charge < -0.3 is 5.11 Å². The Hall–Kier alpha value is -0.755. The molecule has 0 aliphatic rings. The summed E-state index contributed by atoms with van der Waals surface area (Å²) in [6.07, 6.45) is 1.75. The van der Waals surface area contributed by atoms with Gasteiger partial charge >= 0.3 is 0 Å². The zero-order valence-electron chi connectivity index (χ0n) is 6.46. The van der Waals surface area contributed by atoms with Crippen molar-refractivity contribution in [3.63, 3.8) is 0 Å². The van der Waals surface area contributed by atoms with E-state index in [2.05, 4.69) is 0 Å². The van der Waals surface area contributed by atoms with Crippen molar-refractivity contribution >= 4 is 13.3 Å². The molecule has 2 heteroatoms. The van der Waals surface area contributed by atoms with E-state index in [4.69, 9.17) is 13.0 Å². The number of hydrogen-bond donors (Lipinski definition) is 1. The van der Waals surface area contributed by atoms with Gasteiger partial charge in [-0.2, -0.15) is 0 Å². The maximum absolute atomic E-state index is 8.56. The minimum absolute atomic E-state index is 0.254. The van der Waals surface area contributed by atoms with Crippen LogP contribution in [0.3, 0.4) is 0 Å². The molecule has 56 valence electrons. The minimum atomic E-state index is 0.254. The van der Waals surface area contributed by atoms with Gasteiger partial charge in [0.25, 0.3) is 0 Å². The molecule has 0 amide bonds. The van der Waals surface area contributed by atoms with Crippen molar-refractivity contribution < 1.29 is 5.11 Å². The molecule has 1 aromatic rings. The minimum Gasteiger partial charge on any atom is -0.396 e. The standard InChI is InChI=1S/C9H11BO/c10-9-5-3-8(4-6-9)2-1-7-11/h3-6,11H,1-2,7H2. The topological polar surface area (TPSA) is 20.2 Å². The first kappa shape index (κ1) is 8.34. The molecule has 0 saturated carbocycles. The molecule has 0 aliphatic carbocycles. The molecule has 1 N–H and O–H groups in total. The summed E-state index contributed by atoms with van der Waals surface area (Å²) in [5, 5.41) is 8.56. The van der Waals surface area contributed by atoms with Gasteiger partial charge in [-0.05, 0) is 18.4 Å². The highest BCUT2D eigenvalue weighted by Gasteiger charge is 1.90. The Morgan fingerprint density at radius 3 is 2.36 bits per heavy atom. The van der Waals surface area contributed by atoms with Crippen LogP contribution < -0.4 is 5.46 Å². The summed E-state index contributed by atoms with van der Waals surface area (Å²) in [6, 6.07) is 7.75. The highest BCUT2D eigenvalue weighted by molar-refractivity contribution is 6.32. The second kappa shape index (κ2) is 4.19. The van der Waals surface area contributed by atoms with Crippen LogP contribution in [0.2, 0.25) is 0 Å². The molecule has 0 unspecified atom stereocenters. The molecule has 0 bridgehead atoms. The average Bonchev–Trinajstić information content (AvgIpc) is 2.04. The summed E-state index contributed by atoms with van der Waals surface area (Å²) in [6.45, 7) is 0.254. The molecule has 0 spiro atoms. The smallest absolute Gasteiger partial charge is 0.113 e. The highest BCUT2D eigenvalue weighted by Crippen LogP contribution is 1.99. The SMILES string of the molecule is [B]c1ccc(CCCO)cc1. The molecule has 1 nitrogen and oxygen atoms in total. The van der Waals surface area contributed by atoms with Gasteiger partial charge in [-0.3, -0.25) is 0 Å². The number of hydrogen-bond acceptors (Lipinski definition) is 1. The lowest BCUT2D eigenvalue weighted by Gasteiger charge is -1.98. The van der Waals surface area contributed by atoms with Gasteiger partial charge in [0.1, 0.15) is 7.85 Å². The molecule has 0 aromatic heterocycles. The van der Waals surface area contributed by atoms with E-state index >= 15 is 0 Å². The number of aliphatic hydroxyl groups is 1. The maximum atomic E-state index is 8.56. The number of aryl methyl sites for hydroxylation is 1. The first-order valence-corrected chi connectivity index (χ1v) is 3.78. The van der Waals surface area contributed by atoms with E-state index < -0.39 is 0 Å². The lowest BCUT2D eigenvalue weighted by atomic mass is 9.94. The van der Waals surface area contributed by atoms with Crippen LogP contribution in [0.1, 0.15) is 12.0 Å². The highest BCUT2D eigenvalue weighted by atomic mass is 16.2. The van der Waals surface area contributed by atoms with Crippen LogP contribution in [0.25, 0.3) is 0 Å². The van der Waals surface area contributed by atoms with Crippen molar-refractivity contribution in [3.8, 4) is 0 Å². The second-order valence-corrected chi connectivity index (χ2v) is 2.57. The van der Waals surface area contributed by atoms with Gasteiger partial charge in [0.15, 0.2) is 0 Å². The molecule has 0 heterocycles. The normalized spacial score (nSPS) is 9.91. The van der Waals surface area contributed by atoms with Crippen LogP contribution >= 0.6 is 0 Å². The number of aliphatic hydroxyl groups excluding tert-OH is 1. The Balaban J connectivity index is 2.52. The molecule has 11 heavy (non-hydrogen) atoms. The Morgan fingerprint density at radius 1 is 1.18 bits per heavy atom. The van der Waals surface area contributed by atoms with Gasteiger partial charge in [-0.25, -0.2) is 0 Å². The van der Waals surface area contributed by atoms with Crippen molar-refractivity contribution in [1.82, 2.24) is 0 Å². The first-order chi connectivity index (χ1) is 5.33. The van der Waals surface area contributed by atoms with Crippen molar-refractivity contribution in [2.75, 3.05) is 6.61 Å². The van der Waals surface area contributed by atoms with E-state index in [0.717, 1.165) is 18.3 Å². The lowest BCUT2D eigenvalue weighted by Crippen LogP contribution is -2.00. The summed E-state index contributed by atoms with van der Waals surface area (Å²) in [5.41, 5.74) is 2.02. The van der Waals surface area contributed by atoms with Crippen molar-refractivity contribution in [3.05, 3.63) is 29.8 Å². The molecule has 0 fully saturated rings. The fraction of sp³-hybridized carbons (Fsp3) is 0.333. The third-order valence-corrected chi connectivity index (χ3v) is 1.60. The fourth-order valence-electron chi connectivity index (χ4n) is 0.967.